The van der Waals surface area contributed by atoms with Crippen molar-refractivity contribution in [3.63, 3.8) is 0 Å². The van der Waals surface area contributed by atoms with E-state index in [0.717, 1.165) is 18.2 Å². The third-order valence-electron chi connectivity index (χ3n) is 3.11. The number of nitrogen functional groups attached to an aromatic ring is 1. The lowest BCUT2D eigenvalue weighted by Gasteiger charge is -2.14. The molecule has 0 heterocycles. The van der Waals surface area contributed by atoms with E-state index in [-0.39, 0.29) is 0 Å². The predicted octanol–water partition coefficient (Wildman–Crippen LogP) is 4.18. The summed E-state index contributed by atoms with van der Waals surface area (Å²) in [6.07, 6.45) is 5.29. The summed E-state index contributed by atoms with van der Waals surface area (Å²) in [5.41, 5.74) is 7.06. The average molecular weight is 259 g/mol. The van der Waals surface area contributed by atoms with Gasteiger partial charge in [-0.25, -0.2) is 0 Å². The maximum atomic E-state index is 6.09. The topological polar surface area (TPSA) is 38.0 Å². The zero-order valence-corrected chi connectivity index (χ0v) is 10.6. The summed E-state index contributed by atoms with van der Waals surface area (Å²) in [4.78, 5) is 0. The van der Waals surface area contributed by atoms with E-state index in [1.807, 2.05) is 0 Å². The Morgan fingerprint density at radius 1 is 1.19 bits per heavy atom. The van der Waals surface area contributed by atoms with Gasteiger partial charge in [0.25, 0.3) is 0 Å². The monoisotopic (exact) mass is 258 g/mol. The highest BCUT2D eigenvalue weighted by Gasteiger charge is 2.15. The fraction of sp³-hybridized carbons (Fsp3) is 0.500. The first-order valence-corrected chi connectivity index (χ1v) is 6.41. The Hall–Kier alpha value is -0.600. The van der Waals surface area contributed by atoms with Crippen LogP contribution in [0.1, 0.15) is 25.7 Å². The summed E-state index contributed by atoms with van der Waals surface area (Å²) in [6.45, 7) is 0.948. The average Bonchev–Trinajstić information content (AvgIpc) is 2.68. The molecule has 1 aromatic rings. The first-order valence-electron chi connectivity index (χ1n) is 5.65. The molecule has 0 saturated heterocycles. The second kappa shape index (κ2) is 5.15. The zero-order chi connectivity index (χ0) is 11.5. The Balaban J connectivity index is 2.03. The number of rotatable bonds is 3. The highest BCUT2D eigenvalue weighted by Crippen LogP contribution is 2.34. The SMILES string of the molecule is Nc1cc(Cl)c(NCC2CCCC2)c(Cl)c1. The molecule has 2 rings (SSSR count). The minimum Gasteiger partial charge on any atom is -0.399 e. The van der Waals surface area contributed by atoms with E-state index in [1.165, 1.54) is 25.7 Å². The van der Waals surface area contributed by atoms with Crippen LogP contribution in [-0.4, -0.2) is 6.54 Å². The molecule has 1 fully saturated rings. The number of halogens is 2. The summed E-state index contributed by atoms with van der Waals surface area (Å²) in [5.74, 6) is 0.754. The number of hydrogen-bond acceptors (Lipinski definition) is 2. The molecule has 0 spiro atoms. The van der Waals surface area contributed by atoms with Gasteiger partial charge in [-0.1, -0.05) is 36.0 Å². The third-order valence-corrected chi connectivity index (χ3v) is 3.70. The predicted molar refractivity (Wildman–Crippen MR) is 71.3 cm³/mol. The lowest BCUT2D eigenvalue weighted by molar-refractivity contribution is 0.580. The second-order valence-electron chi connectivity index (χ2n) is 4.39. The van der Waals surface area contributed by atoms with E-state index in [1.54, 1.807) is 12.1 Å². The van der Waals surface area contributed by atoms with Crippen LogP contribution < -0.4 is 11.1 Å². The molecule has 0 atom stereocenters. The molecule has 1 aliphatic rings. The lowest BCUT2D eigenvalue weighted by atomic mass is 10.1. The van der Waals surface area contributed by atoms with Gasteiger partial charge in [0.05, 0.1) is 15.7 Å². The number of benzene rings is 1. The number of nitrogens with two attached hydrogens (primary N) is 1. The van der Waals surface area contributed by atoms with Gasteiger partial charge in [0, 0.05) is 12.2 Å². The minimum absolute atomic E-state index is 0.599. The van der Waals surface area contributed by atoms with Crippen LogP contribution in [-0.2, 0) is 0 Å². The van der Waals surface area contributed by atoms with E-state index in [0.29, 0.717) is 15.7 Å². The highest BCUT2D eigenvalue weighted by atomic mass is 35.5. The van der Waals surface area contributed by atoms with E-state index in [4.69, 9.17) is 28.9 Å². The standard InChI is InChI=1S/C12H16Cl2N2/c13-10-5-9(15)6-11(14)12(10)16-7-8-3-1-2-4-8/h5-6,8,16H,1-4,7,15H2. The first-order chi connectivity index (χ1) is 7.66. The summed E-state index contributed by atoms with van der Waals surface area (Å²) in [7, 11) is 0. The van der Waals surface area contributed by atoms with Crippen molar-refractivity contribution in [2.24, 2.45) is 5.92 Å². The second-order valence-corrected chi connectivity index (χ2v) is 5.21. The Morgan fingerprint density at radius 3 is 2.31 bits per heavy atom. The maximum Gasteiger partial charge on any atom is 0.0720 e. The van der Waals surface area contributed by atoms with E-state index >= 15 is 0 Å². The Morgan fingerprint density at radius 2 is 1.75 bits per heavy atom. The molecule has 4 heteroatoms. The van der Waals surface area contributed by atoms with Crippen molar-refractivity contribution in [2.75, 3.05) is 17.6 Å². The van der Waals surface area contributed by atoms with E-state index in [2.05, 4.69) is 5.32 Å². The van der Waals surface area contributed by atoms with Gasteiger partial charge >= 0.3 is 0 Å². The van der Waals surface area contributed by atoms with E-state index < -0.39 is 0 Å². The molecule has 0 aromatic heterocycles. The molecule has 3 N–H and O–H groups in total. The van der Waals surface area contributed by atoms with Gasteiger partial charge in [0.1, 0.15) is 0 Å². The molecule has 0 radical (unpaired) electrons. The van der Waals surface area contributed by atoms with Gasteiger partial charge in [-0.15, -0.1) is 0 Å². The van der Waals surface area contributed by atoms with Crippen molar-refractivity contribution in [1.29, 1.82) is 0 Å². The van der Waals surface area contributed by atoms with Gasteiger partial charge in [-0.2, -0.15) is 0 Å². The van der Waals surface area contributed by atoms with Crippen LogP contribution in [0.15, 0.2) is 12.1 Å². The van der Waals surface area contributed by atoms with Gasteiger partial charge in [-0.3, -0.25) is 0 Å². The molecule has 1 saturated carbocycles. The van der Waals surface area contributed by atoms with Crippen LogP contribution in [0.4, 0.5) is 11.4 Å². The summed E-state index contributed by atoms with van der Waals surface area (Å²) < 4.78 is 0. The molecule has 0 unspecified atom stereocenters. The zero-order valence-electron chi connectivity index (χ0n) is 9.10. The molecule has 16 heavy (non-hydrogen) atoms. The van der Waals surface area contributed by atoms with Crippen molar-refractivity contribution < 1.29 is 0 Å². The van der Waals surface area contributed by atoms with Crippen molar-refractivity contribution in [2.45, 2.75) is 25.7 Å². The molecule has 0 bridgehead atoms. The van der Waals surface area contributed by atoms with Crippen LogP contribution in [0.3, 0.4) is 0 Å². The first kappa shape index (κ1) is 11.9. The fourth-order valence-electron chi connectivity index (χ4n) is 2.22. The van der Waals surface area contributed by atoms with E-state index in [9.17, 15) is 0 Å². The van der Waals surface area contributed by atoms with Gasteiger partial charge in [0.15, 0.2) is 0 Å². The van der Waals surface area contributed by atoms with Gasteiger partial charge < -0.3 is 11.1 Å². The molecular weight excluding hydrogens is 243 g/mol. The largest absolute Gasteiger partial charge is 0.399 e. The summed E-state index contributed by atoms with van der Waals surface area (Å²) >= 11 is 12.2. The van der Waals surface area contributed by atoms with Crippen LogP contribution in [0.2, 0.25) is 10.0 Å². The van der Waals surface area contributed by atoms with Crippen LogP contribution in [0, 0.1) is 5.92 Å². The number of nitrogens with one attached hydrogen (secondary N) is 1. The normalized spacial score (nSPS) is 16.6. The number of hydrogen-bond donors (Lipinski definition) is 2. The van der Waals surface area contributed by atoms with Crippen LogP contribution >= 0.6 is 23.2 Å². The van der Waals surface area contributed by atoms with Crippen molar-refractivity contribution >= 4 is 34.6 Å². The molecule has 1 aliphatic carbocycles. The Labute approximate surface area is 106 Å². The smallest absolute Gasteiger partial charge is 0.0720 e. The Kier molecular flexibility index (Phi) is 3.82. The van der Waals surface area contributed by atoms with Crippen molar-refractivity contribution in [3.8, 4) is 0 Å². The van der Waals surface area contributed by atoms with Crippen LogP contribution in [0.5, 0.6) is 0 Å². The maximum absolute atomic E-state index is 6.09. The Bertz CT molecular complexity index is 350. The van der Waals surface area contributed by atoms with Gasteiger partial charge in [0.2, 0.25) is 0 Å². The van der Waals surface area contributed by atoms with Crippen LogP contribution in [0.25, 0.3) is 0 Å². The molecular formula is C12H16Cl2N2. The molecule has 0 aliphatic heterocycles. The molecule has 1 aromatic carbocycles. The molecule has 88 valence electrons. The van der Waals surface area contributed by atoms with Crippen molar-refractivity contribution in [1.82, 2.24) is 0 Å². The van der Waals surface area contributed by atoms with Gasteiger partial charge in [-0.05, 0) is 30.9 Å². The summed E-state index contributed by atoms with van der Waals surface area (Å²) in [5, 5.41) is 4.53. The fourth-order valence-corrected chi connectivity index (χ4v) is 2.86. The minimum atomic E-state index is 0.599. The molecule has 2 nitrogen and oxygen atoms in total. The third kappa shape index (κ3) is 2.74. The lowest BCUT2D eigenvalue weighted by Crippen LogP contribution is -2.11. The highest BCUT2D eigenvalue weighted by molar-refractivity contribution is 6.39. The summed E-state index contributed by atoms with van der Waals surface area (Å²) in [6, 6.07) is 3.45. The number of anilines is 2. The molecule has 0 amide bonds. The quantitative estimate of drug-likeness (QED) is 0.799. The van der Waals surface area contributed by atoms with Crippen molar-refractivity contribution in [3.05, 3.63) is 22.2 Å².